The zero-order valence-corrected chi connectivity index (χ0v) is 11.0. The Morgan fingerprint density at radius 2 is 1.82 bits per heavy atom. The summed E-state index contributed by atoms with van der Waals surface area (Å²) in [7, 11) is 2.75. The molecule has 6 nitrogen and oxygen atoms in total. The summed E-state index contributed by atoms with van der Waals surface area (Å²) in [5.41, 5.74) is 4.37. The molecule has 0 bridgehead atoms. The number of nitrogens with zero attached hydrogens (tertiary/aromatic N) is 2. The van der Waals surface area contributed by atoms with Gasteiger partial charge in [0.1, 0.15) is 11.4 Å². The lowest BCUT2D eigenvalue weighted by Crippen LogP contribution is -2.42. The zero-order chi connectivity index (χ0) is 13.3. The number of rotatable bonds is 3. The Morgan fingerprint density at radius 3 is 2.29 bits per heavy atom. The van der Waals surface area contributed by atoms with E-state index in [1.807, 2.05) is 0 Å². The molecule has 1 aromatic rings. The summed E-state index contributed by atoms with van der Waals surface area (Å²) in [6.45, 7) is 1.69. The predicted octanol–water partition coefficient (Wildman–Crippen LogP) is -0.400. The Morgan fingerprint density at radius 1 is 1.29 bits per heavy atom. The molecule has 1 aromatic heterocycles. The van der Waals surface area contributed by atoms with Gasteiger partial charge >= 0.3 is 5.69 Å². The highest BCUT2D eigenvalue weighted by Gasteiger charge is 2.23. The van der Waals surface area contributed by atoms with Crippen molar-refractivity contribution in [2.75, 3.05) is 12.0 Å². The molecular formula is C10H15N3O3S. The third-order valence-electron chi connectivity index (χ3n) is 2.68. The van der Waals surface area contributed by atoms with Crippen molar-refractivity contribution < 1.29 is 4.79 Å². The van der Waals surface area contributed by atoms with E-state index in [9.17, 15) is 14.4 Å². The number of aromatic nitrogens is 2. The summed E-state index contributed by atoms with van der Waals surface area (Å²) in [6, 6.07) is 0. The first-order valence-electron chi connectivity index (χ1n) is 4.95. The monoisotopic (exact) mass is 257 g/mol. The van der Waals surface area contributed by atoms with Crippen molar-refractivity contribution in [1.29, 1.82) is 0 Å². The molecule has 1 atom stereocenters. The Labute approximate surface area is 102 Å². The predicted molar refractivity (Wildman–Crippen MR) is 68.6 cm³/mol. The van der Waals surface area contributed by atoms with Crippen molar-refractivity contribution in [3.8, 4) is 0 Å². The van der Waals surface area contributed by atoms with E-state index < -0.39 is 11.2 Å². The molecule has 1 heterocycles. The topological polar surface area (TPSA) is 87.1 Å². The molecule has 0 aromatic carbocycles. The van der Waals surface area contributed by atoms with Gasteiger partial charge in [0.15, 0.2) is 5.78 Å². The fourth-order valence-electron chi connectivity index (χ4n) is 1.40. The van der Waals surface area contributed by atoms with Gasteiger partial charge in [-0.15, -0.1) is 0 Å². The fourth-order valence-corrected chi connectivity index (χ4v) is 1.73. The van der Waals surface area contributed by atoms with E-state index in [1.54, 1.807) is 13.2 Å². The van der Waals surface area contributed by atoms with Crippen molar-refractivity contribution in [2.24, 2.45) is 14.1 Å². The highest BCUT2D eigenvalue weighted by atomic mass is 32.2. The number of anilines is 1. The second kappa shape index (κ2) is 4.79. The maximum atomic E-state index is 12.0. The van der Waals surface area contributed by atoms with Crippen LogP contribution < -0.4 is 17.0 Å². The van der Waals surface area contributed by atoms with Crippen LogP contribution in [0.15, 0.2) is 9.59 Å². The summed E-state index contributed by atoms with van der Waals surface area (Å²) < 4.78 is 1.98. The maximum absolute atomic E-state index is 12.0. The van der Waals surface area contributed by atoms with Crippen molar-refractivity contribution in [3.05, 3.63) is 26.4 Å². The molecule has 94 valence electrons. The summed E-state index contributed by atoms with van der Waals surface area (Å²) in [4.78, 5) is 35.4. The molecule has 0 saturated heterocycles. The van der Waals surface area contributed by atoms with Gasteiger partial charge in [-0.25, -0.2) is 4.79 Å². The molecule has 2 N–H and O–H groups in total. The van der Waals surface area contributed by atoms with Gasteiger partial charge in [-0.05, 0) is 13.2 Å². The van der Waals surface area contributed by atoms with Crippen LogP contribution in [0.1, 0.15) is 17.3 Å². The zero-order valence-electron chi connectivity index (χ0n) is 10.2. The van der Waals surface area contributed by atoms with E-state index in [-0.39, 0.29) is 22.4 Å². The molecule has 0 saturated carbocycles. The van der Waals surface area contributed by atoms with Crippen LogP contribution in [0, 0.1) is 0 Å². The number of hydrogen-bond donors (Lipinski definition) is 1. The van der Waals surface area contributed by atoms with Crippen LogP contribution in [0.2, 0.25) is 0 Å². The maximum Gasteiger partial charge on any atom is 0.332 e. The molecule has 0 spiro atoms. The molecule has 1 rings (SSSR count). The molecule has 7 heteroatoms. The van der Waals surface area contributed by atoms with Crippen LogP contribution in [0.25, 0.3) is 0 Å². The summed E-state index contributed by atoms with van der Waals surface area (Å²) in [5, 5.41) is -0.373. The number of hydrogen-bond acceptors (Lipinski definition) is 5. The number of nitrogen functional groups attached to an aromatic ring is 1. The second-order valence-electron chi connectivity index (χ2n) is 3.71. The first kappa shape index (κ1) is 13.6. The molecule has 0 radical (unpaired) electrons. The van der Waals surface area contributed by atoms with Gasteiger partial charge in [0.25, 0.3) is 5.56 Å². The fraction of sp³-hybridized carbons (Fsp3) is 0.500. The number of nitrogens with two attached hydrogens (primary N) is 1. The highest BCUT2D eigenvalue weighted by Crippen LogP contribution is 2.14. The first-order chi connectivity index (χ1) is 7.82. The molecule has 0 aliphatic carbocycles. The minimum atomic E-state index is -0.642. The smallest absolute Gasteiger partial charge is 0.332 e. The Bertz CT molecular complexity index is 573. The van der Waals surface area contributed by atoms with Crippen molar-refractivity contribution in [1.82, 2.24) is 9.13 Å². The third-order valence-corrected chi connectivity index (χ3v) is 3.60. The lowest BCUT2D eigenvalue weighted by Gasteiger charge is -2.12. The van der Waals surface area contributed by atoms with Crippen LogP contribution in [0.3, 0.4) is 0 Å². The van der Waals surface area contributed by atoms with Gasteiger partial charge in [0.2, 0.25) is 0 Å². The standard InChI is InChI=1S/C10H15N3O3S/c1-5(17-4)7(14)6-8(11)12(2)10(16)13(3)9(6)15/h5H,11H2,1-4H3/t5-/m1/s1. The van der Waals surface area contributed by atoms with E-state index >= 15 is 0 Å². The third kappa shape index (κ3) is 2.14. The molecule has 0 aliphatic rings. The van der Waals surface area contributed by atoms with Crippen LogP contribution >= 0.6 is 11.8 Å². The Hall–Kier alpha value is -1.50. The largest absolute Gasteiger partial charge is 0.384 e. The molecular weight excluding hydrogens is 242 g/mol. The normalized spacial score (nSPS) is 12.5. The van der Waals surface area contributed by atoms with Gasteiger partial charge in [-0.2, -0.15) is 11.8 Å². The van der Waals surface area contributed by atoms with Crippen LogP contribution in [-0.4, -0.2) is 26.4 Å². The number of carbonyl (C=O) groups excluding carboxylic acids is 1. The summed E-state index contributed by atoms with van der Waals surface area (Å²) >= 11 is 1.32. The molecule has 0 amide bonds. The quantitative estimate of drug-likeness (QED) is 0.744. The van der Waals surface area contributed by atoms with Crippen molar-refractivity contribution in [3.63, 3.8) is 0 Å². The lowest BCUT2D eigenvalue weighted by molar-refractivity contribution is 0.0992. The molecule has 0 aliphatic heterocycles. The number of thioether (sulfide) groups is 1. The average Bonchev–Trinajstić information content (AvgIpc) is 2.32. The van der Waals surface area contributed by atoms with E-state index in [1.165, 1.54) is 25.9 Å². The second-order valence-corrected chi connectivity index (χ2v) is 4.89. The van der Waals surface area contributed by atoms with Crippen molar-refractivity contribution >= 4 is 23.4 Å². The SMILES string of the molecule is CS[C@H](C)C(=O)c1c(N)n(C)c(=O)n(C)c1=O. The van der Waals surface area contributed by atoms with Crippen molar-refractivity contribution in [2.45, 2.75) is 12.2 Å². The van der Waals surface area contributed by atoms with Crippen LogP contribution in [-0.2, 0) is 14.1 Å². The Kier molecular flexibility index (Phi) is 3.82. The minimum absolute atomic E-state index is 0.0796. The van der Waals surface area contributed by atoms with Gasteiger partial charge in [0.05, 0.1) is 5.25 Å². The summed E-state index contributed by atoms with van der Waals surface area (Å²) in [6.07, 6.45) is 1.77. The molecule has 17 heavy (non-hydrogen) atoms. The van der Waals surface area contributed by atoms with E-state index in [4.69, 9.17) is 5.73 Å². The number of Topliss-reactive ketones (excluding diaryl/α,β-unsaturated/α-hetero) is 1. The average molecular weight is 257 g/mol. The number of ketones is 1. The van der Waals surface area contributed by atoms with E-state index in [0.717, 1.165) is 9.13 Å². The highest BCUT2D eigenvalue weighted by molar-refractivity contribution is 7.99. The van der Waals surface area contributed by atoms with Gasteiger partial charge in [-0.1, -0.05) is 0 Å². The summed E-state index contributed by atoms with van der Waals surface area (Å²) in [5.74, 6) is -0.435. The van der Waals surface area contributed by atoms with Gasteiger partial charge in [-0.3, -0.25) is 18.7 Å². The van der Waals surface area contributed by atoms with E-state index in [0.29, 0.717) is 0 Å². The van der Waals surface area contributed by atoms with Gasteiger partial charge < -0.3 is 5.73 Å². The minimum Gasteiger partial charge on any atom is -0.384 e. The molecule has 0 unspecified atom stereocenters. The van der Waals surface area contributed by atoms with Gasteiger partial charge in [0, 0.05) is 14.1 Å². The number of carbonyl (C=O) groups is 1. The van der Waals surface area contributed by atoms with E-state index in [2.05, 4.69) is 0 Å². The lowest BCUT2D eigenvalue weighted by atomic mass is 10.1. The van der Waals surface area contributed by atoms with Crippen LogP contribution in [0.4, 0.5) is 5.82 Å². The Balaban J connectivity index is 3.62. The van der Waals surface area contributed by atoms with Crippen LogP contribution in [0.5, 0.6) is 0 Å². The first-order valence-corrected chi connectivity index (χ1v) is 6.24. The molecule has 0 fully saturated rings.